The fourth-order valence-corrected chi connectivity index (χ4v) is 3.69. The molecule has 1 heterocycles. The summed E-state index contributed by atoms with van der Waals surface area (Å²) >= 11 is 6.08. The van der Waals surface area contributed by atoms with Crippen LogP contribution < -0.4 is 19.8 Å². The van der Waals surface area contributed by atoms with Gasteiger partial charge in [-0.15, -0.1) is 0 Å². The number of ether oxygens (including phenoxy) is 2. The Kier molecular flexibility index (Phi) is 5.46. The van der Waals surface area contributed by atoms with E-state index >= 15 is 0 Å². The maximum absolute atomic E-state index is 13.2. The van der Waals surface area contributed by atoms with Crippen LogP contribution in [-0.4, -0.2) is 26.3 Å². The number of nitrogens with zero attached hydrogens (tertiary/aromatic N) is 2. The number of fused-ring (bicyclic) bond motifs is 2. The maximum Gasteiger partial charge on any atom is 0.195 e. The van der Waals surface area contributed by atoms with Gasteiger partial charge < -0.3 is 14.4 Å². The molecule has 0 aliphatic rings. The topological polar surface area (TPSA) is 51.7 Å². The third-order valence-corrected chi connectivity index (χ3v) is 5.38. The Morgan fingerprint density at radius 1 is 0.967 bits per heavy atom. The van der Waals surface area contributed by atoms with Crippen LogP contribution in [0.1, 0.15) is 5.56 Å². The zero-order valence-electron chi connectivity index (χ0n) is 17.0. The van der Waals surface area contributed by atoms with Gasteiger partial charge in [-0.3, -0.25) is 9.78 Å². The van der Waals surface area contributed by atoms with Gasteiger partial charge >= 0.3 is 0 Å². The lowest BCUT2D eigenvalue weighted by molar-refractivity contribution is 0.391. The van der Waals surface area contributed by atoms with Crippen LogP contribution in [0, 0.1) is 0 Å². The normalized spacial score (nSPS) is 10.9. The van der Waals surface area contributed by atoms with E-state index in [1.54, 1.807) is 26.5 Å². The smallest absolute Gasteiger partial charge is 0.195 e. The number of halogens is 1. The van der Waals surface area contributed by atoms with Gasteiger partial charge in [-0.05, 0) is 41.8 Å². The Morgan fingerprint density at radius 2 is 1.77 bits per heavy atom. The molecule has 0 saturated carbocycles. The lowest BCUT2D eigenvalue weighted by Gasteiger charge is -2.21. The predicted molar refractivity (Wildman–Crippen MR) is 122 cm³/mol. The molecule has 4 aromatic rings. The first kappa shape index (κ1) is 20.0. The lowest BCUT2D eigenvalue weighted by atomic mass is 10.1. The molecule has 5 nitrogen and oxygen atoms in total. The molecule has 6 heteroatoms. The minimum atomic E-state index is -0.0859. The quantitative estimate of drug-likeness (QED) is 0.452. The van der Waals surface area contributed by atoms with E-state index < -0.39 is 0 Å². The molecule has 0 aliphatic carbocycles. The molecule has 3 aromatic carbocycles. The molecule has 0 unspecified atom stereocenters. The fraction of sp³-hybridized carbons (Fsp3) is 0.167. The van der Waals surface area contributed by atoms with Gasteiger partial charge in [-0.2, -0.15) is 0 Å². The molecular formula is C24H21ClN2O3. The summed E-state index contributed by atoms with van der Waals surface area (Å²) in [6.07, 6.45) is 1.55. The summed E-state index contributed by atoms with van der Waals surface area (Å²) in [7, 11) is 5.25. The highest BCUT2D eigenvalue weighted by Gasteiger charge is 2.11. The standard InChI is InChI=1S/C24H21ClN2O3/c1-27(14-16-5-8-19(29-2)12-23(16)30-3)18-7-4-15-6-9-22-21(10-17(25)13-26-22)24(28)20(15)11-18/h4-13H,14H2,1-3H3. The summed E-state index contributed by atoms with van der Waals surface area (Å²) in [6.45, 7) is 0.611. The van der Waals surface area contributed by atoms with Gasteiger partial charge in [0.1, 0.15) is 11.5 Å². The van der Waals surface area contributed by atoms with Crippen LogP contribution in [0.5, 0.6) is 11.5 Å². The number of methoxy groups -OCH3 is 2. The Bertz CT molecular complexity index is 1310. The second kappa shape index (κ2) is 8.20. The highest BCUT2D eigenvalue weighted by molar-refractivity contribution is 6.31. The van der Waals surface area contributed by atoms with E-state index in [0.717, 1.165) is 28.1 Å². The van der Waals surface area contributed by atoms with Crippen molar-refractivity contribution in [2.24, 2.45) is 0 Å². The largest absolute Gasteiger partial charge is 0.497 e. The average molecular weight is 421 g/mol. The van der Waals surface area contributed by atoms with Gasteiger partial charge in [0.2, 0.25) is 0 Å². The number of pyridine rings is 1. The Labute approximate surface area is 179 Å². The Hall–Kier alpha value is -3.31. The fourth-order valence-electron chi connectivity index (χ4n) is 3.53. The molecule has 0 bridgehead atoms. The minimum Gasteiger partial charge on any atom is -0.497 e. The van der Waals surface area contributed by atoms with Gasteiger partial charge in [-0.25, -0.2) is 0 Å². The molecule has 0 amide bonds. The lowest BCUT2D eigenvalue weighted by Crippen LogP contribution is -2.17. The van der Waals surface area contributed by atoms with E-state index in [-0.39, 0.29) is 5.43 Å². The van der Waals surface area contributed by atoms with Crippen LogP contribution in [0.2, 0.25) is 5.02 Å². The van der Waals surface area contributed by atoms with Crippen LogP contribution in [0.3, 0.4) is 0 Å². The van der Waals surface area contributed by atoms with Gasteiger partial charge in [0, 0.05) is 47.9 Å². The second-order valence-electron chi connectivity index (χ2n) is 7.05. The molecule has 0 spiro atoms. The van der Waals surface area contributed by atoms with Gasteiger partial charge in [0.25, 0.3) is 0 Å². The first-order valence-corrected chi connectivity index (χ1v) is 9.82. The van der Waals surface area contributed by atoms with Crippen molar-refractivity contribution in [2.45, 2.75) is 6.54 Å². The average Bonchev–Trinajstić information content (AvgIpc) is 2.90. The first-order valence-electron chi connectivity index (χ1n) is 9.44. The number of benzene rings is 2. The first-order chi connectivity index (χ1) is 14.5. The van der Waals surface area contributed by atoms with Crippen molar-refractivity contribution in [3.05, 3.63) is 81.6 Å². The van der Waals surface area contributed by atoms with E-state index in [1.165, 1.54) is 0 Å². The highest BCUT2D eigenvalue weighted by atomic mass is 35.5. The summed E-state index contributed by atoms with van der Waals surface area (Å²) in [5, 5.41) is 2.43. The van der Waals surface area contributed by atoms with Crippen molar-refractivity contribution in [1.82, 2.24) is 4.98 Å². The zero-order valence-corrected chi connectivity index (χ0v) is 17.7. The van der Waals surface area contributed by atoms with Gasteiger partial charge in [0.05, 0.1) is 24.8 Å². The summed E-state index contributed by atoms with van der Waals surface area (Å²) in [5.74, 6) is 1.50. The molecule has 30 heavy (non-hydrogen) atoms. The number of aromatic nitrogens is 1. The van der Waals surface area contributed by atoms with Crippen molar-refractivity contribution in [1.29, 1.82) is 0 Å². The summed E-state index contributed by atoms with van der Waals surface area (Å²) < 4.78 is 10.8. The number of hydrogen-bond donors (Lipinski definition) is 0. The van der Waals surface area contributed by atoms with Crippen LogP contribution in [0.15, 0.2) is 65.6 Å². The molecule has 0 N–H and O–H groups in total. The monoisotopic (exact) mass is 420 g/mol. The van der Waals surface area contributed by atoms with Crippen molar-refractivity contribution < 1.29 is 9.47 Å². The number of anilines is 1. The zero-order chi connectivity index (χ0) is 21.3. The summed E-state index contributed by atoms with van der Waals surface area (Å²) in [5.41, 5.74) is 2.48. The van der Waals surface area contributed by atoms with Crippen molar-refractivity contribution in [3.8, 4) is 11.5 Å². The summed E-state index contributed by atoms with van der Waals surface area (Å²) in [6, 6.07) is 17.1. The molecule has 0 atom stereocenters. The molecule has 0 fully saturated rings. The van der Waals surface area contributed by atoms with Crippen molar-refractivity contribution in [3.63, 3.8) is 0 Å². The van der Waals surface area contributed by atoms with E-state index in [2.05, 4.69) is 9.88 Å². The van der Waals surface area contributed by atoms with E-state index in [0.29, 0.717) is 27.9 Å². The molecule has 152 valence electrons. The minimum absolute atomic E-state index is 0.0859. The Balaban J connectivity index is 1.77. The molecular weight excluding hydrogens is 400 g/mol. The third-order valence-electron chi connectivity index (χ3n) is 5.17. The van der Waals surface area contributed by atoms with Crippen molar-refractivity contribution >= 4 is 39.0 Å². The number of hydrogen-bond acceptors (Lipinski definition) is 5. The van der Waals surface area contributed by atoms with E-state index in [9.17, 15) is 4.79 Å². The molecule has 0 saturated heterocycles. The van der Waals surface area contributed by atoms with Crippen LogP contribution >= 0.6 is 11.6 Å². The molecule has 0 radical (unpaired) electrons. The van der Waals surface area contributed by atoms with Crippen molar-refractivity contribution in [2.75, 3.05) is 26.2 Å². The molecule has 0 aliphatic heterocycles. The van der Waals surface area contributed by atoms with Crippen LogP contribution in [-0.2, 0) is 6.54 Å². The maximum atomic E-state index is 13.2. The molecule has 4 rings (SSSR count). The number of rotatable bonds is 5. The second-order valence-corrected chi connectivity index (χ2v) is 7.49. The van der Waals surface area contributed by atoms with Gasteiger partial charge in [-0.1, -0.05) is 23.7 Å². The van der Waals surface area contributed by atoms with E-state index in [1.807, 2.05) is 55.6 Å². The highest BCUT2D eigenvalue weighted by Crippen LogP contribution is 2.28. The van der Waals surface area contributed by atoms with Crippen LogP contribution in [0.25, 0.3) is 21.7 Å². The van der Waals surface area contributed by atoms with Gasteiger partial charge in [0.15, 0.2) is 5.43 Å². The van der Waals surface area contributed by atoms with E-state index in [4.69, 9.17) is 21.1 Å². The summed E-state index contributed by atoms with van der Waals surface area (Å²) in [4.78, 5) is 19.6. The van der Waals surface area contributed by atoms with Crippen LogP contribution in [0.4, 0.5) is 5.69 Å². The SMILES string of the molecule is COc1ccc(CN(C)c2ccc3ccc4ncc(Cl)cc4c(=O)c3c2)c(OC)c1. The predicted octanol–water partition coefficient (Wildman–Crippen LogP) is 5.06. The molecule has 1 aromatic heterocycles. The third kappa shape index (κ3) is 3.76. The Morgan fingerprint density at radius 3 is 2.53 bits per heavy atom.